The average Bonchev–Trinajstić information content (AvgIpc) is 2.74. The van der Waals surface area contributed by atoms with Gasteiger partial charge in [0.25, 0.3) is 0 Å². The van der Waals surface area contributed by atoms with E-state index in [4.69, 9.17) is 9.47 Å². The Kier molecular flexibility index (Phi) is 4.20. The molecule has 2 nitrogen and oxygen atoms in total. The average molecular weight is 368 g/mol. The van der Waals surface area contributed by atoms with Gasteiger partial charge in [-0.25, -0.2) is 0 Å². The van der Waals surface area contributed by atoms with Crippen LogP contribution in [0.3, 0.4) is 0 Å². The first-order valence-electron chi connectivity index (χ1n) is 9.95. The molecule has 28 heavy (non-hydrogen) atoms. The quantitative estimate of drug-likeness (QED) is 0.439. The second-order valence-corrected chi connectivity index (χ2v) is 7.54. The molecule has 0 saturated heterocycles. The molecule has 0 spiro atoms. The van der Waals surface area contributed by atoms with Crippen molar-refractivity contribution in [3.63, 3.8) is 0 Å². The predicted molar refractivity (Wildman–Crippen MR) is 116 cm³/mol. The number of fused-ring (bicyclic) bond motifs is 8. The third-order valence-electron chi connectivity index (χ3n) is 6.06. The Bertz CT molecular complexity index is 1090. The second kappa shape index (κ2) is 6.87. The van der Waals surface area contributed by atoms with E-state index in [9.17, 15) is 0 Å². The highest BCUT2D eigenvalue weighted by Gasteiger charge is 2.20. The van der Waals surface area contributed by atoms with Gasteiger partial charge in [-0.2, -0.15) is 0 Å². The Morgan fingerprint density at radius 2 is 1.00 bits per heavy atom. The molecule has 1 aliphatic carbocycles. The van der Waals surface area contributed by atoms with Crippen molar-refractivity contribution in [1.29, 1.82) is 0 Å². The Morgan fingerprint density at radius 1 is 0.571 bits per heavy atom. The summed E-state index contributed by atoms with van der Waals surface area (Å²) >= 11 is 0. The lowest BCUT2D eigenvalue weighted by atomic mass is 9.87. The molecule has 0 aliphatic heterocycles. The van der Waals surface area contributed by atoms with Gasteiger partial charge in [0.15, 0.2) is 0 Å². The number of rotatable bonds is 2. The maximum atomic E-state index is 5.94. The van der Waals surface area contributed by atoms with E-state index in [1.165, 1.54) is 43.8 Å². The van der Waals surface area contributed by atoms with E-state index in [2.05, 4.69) is 60.7 Å². The van der Waals surface area contributed by atoms with Gasteiger partial charge in [0.1, 0.15) is 11.5 Å². The minimum atomic E-state index is 0.932. The van der Waals surface area contributed by atoms with Crippen LogP contribution < -0.4 is 9.47 Å². The summed E-state index contributed by atoms with van der Waals surface area (Å²) in [7, 11) is 3.61. The van der Waals surface area contributed by atoms with Crippen LogP contribution in [0, 0.1) is 0 Å². The number of methoxy groups -OCH3 is 2. The number of hydrogen-bond donors (Lipinski definition) is 0. The summed E-state index contributed by atoms with van der Waals surface area (Å²) in [6.07, 6.45) is 3.74. The van der Waals surface area contributed by atoms with E-state index in [1.54, 1.807) is 14.2 Å². The van der Waals surface area contributed by atoms with Gasteiger partial charge in [-0.3, -0.25) is 0 Å². The maximum Gasteiger partial charge on any atom is 0.125 e. The van der Waals surface area contributed by atoms with Gasteiger partial charge < -0.3 is 9.47 Å². The Hall–Kier alpha value is -3.00. The van der Waals surface area contributed by atoms with Gasteiger partial charge in [0.2, 0.25) is 0 Å². The zero-order valence-electron chi connectivity index (χ0n) is 16.4. The fourth-order valence-corrected chi connectivity index (χ4v) is 4.83. The van der Waals surface area contributed by atoms with E-state index in [1.807, 2.05) is 0 Å². The fraction of sp³-hybridized carbons (Fsp3) is 0.231. The minimum Gasteiger partial charge on any atom is -0.496 e. The fourth-order valence-electron chi connectivity index (χ4n) is 4.83. The summed E-state index contributed by atoms with van der Waals surface area (Å²) in [5.74, 6) is 2.12. The van der Waals surface area contributed by atoms with Gasteiger partial charge in [-0.05, 0) is 70.5 Å². The van der Waals surface area contributed by atoms with Crippen molar-refractivity contribution in [3.05, 3.63) is 82.9 Å². The van der Waals surface area contributed by atoms with Crippen LogP contribution in [0.5, 0.6) is 11.5 Å². The summed E-state index contributed by atoms with van der Waals surface area (Å²) in [6, 6.07) is 21.9. The highest BCUT2D eigenvalue weighted by Crippen LogP contribution is 2.39. The maximum absolute atomic E-state index is 5.94. The van der Waals surface area contributed by atoms with E-state index >= 15 is 0 Å². The Balaban J connectivity index is 1.77. The van der Waals surface area contributed by atoms with Crippen LogP contribution in [0.2, 0.25) is 0 Å². The lowest BCUT2D eigenvalue weighted by Crippen LogP contribution is -2.07. The molecular formula is C26H24O2. The van der Waals surface area contributed by atoms with Gasteiger partial charge in [0.05, 0.1) is 14.2 Å². The molecule has 0 radical (unpaired) electrons. The molecule has 5 rings (SSSR count). The zero-order chi connectivity index (χ0) is 19.1. The monoisotopic (exact) mass is 368 g/mol. The molecule has 0 atom stereocenters. The molecule has 0 saturated carbocycles. The SMILES string of the molecule is COc1c2cc3ccccc3c1CCc1c(OC)c(cc3ccccc13)CC2. The molecule has 1 aliphatic rings. The third-order valence-corrected chi connectivity index (χ3v) is 6.06. The smallest absolute Gasteiger partial charge is 0.125 e. The molecule has 2 heteroatoms. The standard InChI is InChI=1S/C26H24O2/c1-27-25-19-11-12-20-16-18-8-4-6-10-22(18)24(26(20)28-2)14-13-23(25)21-9-5-3-7-17(21)15-19/h3-10,15-16H,11-14H2,1-2H3. The molecular weight excluding hydrogens is 344 g/mol. The summed E-state index contributed by atoms with van der Waals surface area (Å²) < 4.78 is 11.9. The molecule has 140 valence electrons. The summed E-state index contributed by atoms with van der Waals surface area (Å²) in [4.78, 5) is 0. The topological polar surface area (TPSA) is 18.5 Å². The van der Waals surface area contributed by atoms with E-state index in [0.717, 1.165) is 37.2 Å². The Morgan fingerprint density at radius 3 is 1.43 bits per heavy atom. The minimum absolute atomic E-state index is 0.932. The number of ether oxygens (including phenoxy) is 2. The van der Waals surface area contributed by atoms with Crippen molar-refractivity contribution in [2.24, 2.45) is 0 Å². The van der Waals surface area contributed by atoms with Gasteiger partial charge in [0, 0.05) is 11.1 Å². The Labute approximate surface area is 165 Å². The van der Waals surface area contributed by atoms with Crippen molar-refractivity contribution in [2.45, 2.75) is 25.7 Å². The van der Waals surface area contributed by atoms with Crippen LogP contribution in [0.25, 0.3) is 21.5 Å². The number of benzene rings is 4. The molecule has 0 unspecified atom stereocenters. The van der Waals surface area contributed by atoms with E-state index < -0.39 is 0 Å². The molecule has 0 N–H and O–H groups in total. The summed E-state index contributed by atoms with van der Waals surface area (Å²) in [5.41, 5.74) is 5.20. The first kappa shape index (κ1) is 17.1. The van der Waals surface area contributed by atoms with Crippen LogP contribution in [-0.2, 0) is 25.7 Å². The van der Waals surface area contributed by atoms with Crippen LogP contribution >= 0.6 is 0 Å². The molecule has 0 fully saturated rings. The van der Waals surface area contributed by atoms with Crippen molar-refractivity contribution in [2.75, 3.05) is 14.2 Å². The third kappa shape index (κ3) is 2.63. The highest BCUT2D eigenvalue weighted by molar-refractivity contribution is 5.91. The van der Waals surface area contributed by atoms with Gasteiger partial charge >= 0.3 is 0 Å². The van der Waals surface area contributed by atoms with Crippen molar-refractivity contribution < 1.29 is 9.47 Å². The first-order valence-corrected chi connectivity index (χ1v) is 9.95. The summed E-state index contributed by atoms with van der Waals surface area (Å²) in [5, 5.41) is 5.19. The number of aryl methyl sites for hydroxylation is 4. The van der Waals surface area contributed by atoms with Crippen molar-refractivity contribution >= 4 is 21.5 Å². The lowest BCUT2D eigenvalue weighted by Gasteiger charge is -2.22. The van der Waals surface area contributed by atoms with Crippen LogP contribution in [-0.4, -0.2) is 14.2 Å². The number of hydrogen-bond acceptors (Lipinski definition) is 2. The van der Waals surface area contributed by atoms with Crippen LogP contribution in [0.4, 0.5) is 0 Å². The lowest BCUT2D eigenvalue weighted by molar-refractivity contribution is 0.398. The molecule has 0 heterocycles. The van der Waals surface area contributed by atoms with Crippen molar-refractivity contribution in [1.82, 2.24) is 0 Å². The first-order chi connectivity index (χ1) is 13.8. The van der Waals surface area contributed by atoms with E-state index in [0.29, 0.717) is 0 Å². The highest BCUT2D eigenvalue weighted by atomic mass is 16.5. The van der Waals surface area contributed by atoms with Crippen LogP contribution in [0.1, 0.15) is 22.3 Å². The molecule has 4 bridgehead atoms. The largest absolute Gasteiger partial charge is 0.496 e. The molecule has 4 aromatic rings. The summed E-state index contributed by atoms with van der Waals surface area (Å²) in [6.45, 7) is 0. The second-order valence-electron chi connectivity index (χ2n) is 7.54. The predicted octanol–water partition coefficient (Wildman–Crippen LogP) is 5.89. The molecule has 0 aromatic heterocycles. The van der Waals surface area contributed by atoms with E-state index in [-0.39, 0.29) is 0 Å². The molecule has 0 amide bonds. The van der Waals surface area contributed by atoms with Crippen molar-refractivity contribution in [3.8, 4) is 11.5 Å². The van der Waals surface area contributed by atoms with Gasteiger partial charge in [-0.15, -0.1) is 0 Å². The normalized spacial score (nSPS) is 13.5. The molecule has 4 aromatic carbocycles. The zero-order valence-corrected chi connectivity index (χ0v) is 16.4. The van der Waals surface area contributed by atoms with Crippen LogP contribution in [0.15, 0.2) is 60.7 Å². The van der Waals surface area contributed by atoms with Gasteiger partial charge in [-0.1, -0.05) is 48.5 Å².